The second-order valence-electron chi connectivity index (χ2n) is 8.23. The average molecular weight is 445 g/mol. The minimum Gasteiger partial charge on any atom is -0.373 e. The molecule has 0 atom stereocenters. The van der Waals surface area contributed by atoms with Crippen LogP contribution in [0.25, 0.3) is 22.0 Å². The maximum atomic E-state index is 14.7. The van der Waals surface area contributed by atoms with Crippen LogP contribution in [0.4, 0.5) is 20.3 Å². The number of aromatic nitrogens is 3. The fourth-order valence-corrected chi connectivity index (χ4v) is 3.76. The van der Waals surface area contributed by atoms with E-state index in [4.69, 9.17) is 0 Å². The normalized spacial score (nSPS) is 14.2. The first-order chi connectivity index (χ1) is 15.9. The summed E-state index contributed by atoms with van der Waals surface area (Å²) in [5.41, 5.74) is 2.02. The van der Waals surface area contributed by atoms with Crippen LogP contribution in [0, 0.1) is 12.7 Å². The molecule has 1 aliphatic carbocycles. The molecule has 0 spiro atoms. The molecule has 1 aromatic carbocycles. The molecule has 1 amide bonds. The Morgan fingerprint density at radius 1 is 1.06 bits per heavy atom. The zero-order chi connectivity index (χ0) is 23.2. The van der Waals surface area contributed by atoms with Crippen molar-refractivity contribution in [1.82, 2.24) is 15.0 Å². The molecule has 33 heavy (non-hydrogen) atoms. The number of anilines is 2. The molecule has 0 radical (unpaired) electrons. The lowest BCUT2D eigenvalue weighted by Gasteiger charge is -2.13. The summed E-state index contributed by atoms with van der Waals surface area (Å²) < 4.78 is 29.1. The van der Waals surface area contributed by atoms with Crippen molar-refractivity contribution < 1.29 is 13.6 Å². The number of fused-ring (bicyclic) bond motifs is 1. The van der Waals surface area contributed by atoms with E-state index in [2.05, 4.69) is 25.6 Å². The lowest BCUT2D eigenvalue weighted by Crippen LogP contribution is -2.15. The Labute approximate surface area is 189 Å². The minimum atomic E-state index is -1.45. The molecule has 3 heterocycles. The Bertz CT molecular complexity index is 1400. The summed E-state index contributed by atoms with van der Waals surface area (Å²) >= 11 is 0. The summed E-state index contributed by atoms with van der Waals surface area (Å²) in [6, 6.07) is 9.63. The highest BCUT2D eigenvalue weighted by atomic mass is 19.1. The SMILES string of the molecule is CNc1cc2ncc(-c3cc(NC(=O)c4ccnc(C5(F)CC5)c4)c(F)cc3C)cc2cn1. The van der Waals surface area contributed by atoms with Gasteiger partial charge in [0, 0.05) is 48.2 Å². The molecule has 6 nitrogen and oxygen atoms in total. The molecule has 4 aromatic rings. The summed E-state index contributed by atoms with van der Waals surface area (Å²) in [6.45, 7) is 1.79. The summed E-state index contributed by atoms with van der Waals surface area (Å²) in [5.74, 6) is -0.375. The molecular weight excluding hydrogens is 424 g/mol. The zero-order valence-electron chi connectivity index (χ0n) is 18.1. The predicted octanol–water partition coefficient (Wildman–Crippen LogP) is 5.39. The van der Waals surface area contributed by atoms with E-state index >= 15 is 0 Å². The van der Waals surface area contributed by atoms with Crippen LogP contribution in [0.15, 0.2) is 55.0 Å². The highest BCUT2D eigenvalue weighted by molar-refractivity contribution is 6.04. The lowest BCUT2D eigenvalue weighted by molar-refractivity contribution is 0.102. The van der Waals surface area contributed by atoms with Crippen molar-refractivity contribution in [1.29, 1.82) is 0 Å². The van der Waals surface area contributed by atoms with Crippen LogP contribution in [0.2, 0.25) is 0 Å². The van der Waals surface area contributed by atoms with Crippen molar-refractivity contribution in [3.8, 4) is 11.1 Å². The third kappa shape index (κ3) is 4.00. The number of carbonyl (C=O) groups is 1. The van der Waals surface area contributed by atoms with Gasteiger partial charge in [-0.2, -0.15) is 0 Å². The molecule has 2 N–H and O–H groups in total. The van der Waals surface area contributed by atoms with Crippen molar-refractivity contribution in [2.75, 3.05) is 17.7 Å². The van der Waals surface area contributed by atoms with Crippen LogP contribution in [0.5, 0.6) is 0 Å². The molecule has 166 valence electrons. The Morgan fingerprint density at radius 3 is 2.64 bits per heavy atom. The topological polar surface area (TPSA) is 79.8 Å². The van der Waals surface area contributed by atoms with Crippen LogP contribution >= 0.6 is 0 Å². The van der Waals surface area contributed by atoms with E-state index < -0.39 is 17.4 Å². The summed E-state index contributed by atoms with van der Waals surface area (Å²) in [5, 5.41) is 6.43. The van der Waals surface area contributed by atoms with E-state index in [1.54, 1.807) is 32.4 Å². The van der Waals surface area contributed by atoms with E-state index in [9.17, 15) is 13.6 Å². The van der Waals surface area contributed by atoms with E-state index in [1.165, 1.54) is 24.4 Å². The number of hydrogen-bond acceptors (Lipinski definition) is 5. The van der Waals surface area contributed by atoms with Gasteiger partial charge >= 0.3 is 0 Å². The number of hydrogen-bond donors (Lipinski definition) is 2. The van der Waals surface area contributed by atoms with Crippen molar-refractivity contribution in [2.24, 2.45) is 0 Å². The number of pyridine rings is 3. The average Bonchev–Trinajstić information content (AvgIpc) is 3.58. The lowest BCUT2D eigenvalue weighted by atomic mass is 9.99. The highest BCUT2D eigenvalue weighted by Gasteiger charge is 2.46. The quantitative estimate of drug-likeness (QED) is 0.430. The van der Waals surface area contributed by atoms with Gasteiger partial charge in [-0.15, -0.1) is 0 Å². The third-order valence-corrected chi connectivity index (χ3v) is 5.87. The number of halogens is 2. The number of aryl methyl sites for hydroxylation is 1. The summed E-state index contributed by atoms with van der Waals surface area (Å²) in [4.78, 5) is 25.6. The van der Waals surface area contributed by atoms with Crippen molar-refractivity contribution >= 4 is 28.3 Å². The fraction of sp³-hybridized carbons (Fsp3) is 0.200. The first-order valence-electron chi connectivity index (χ1n) is 10.6. The maximum absolute atomic E-state index is 14.7. The van der Waals surface area contributed by atoms with Crippen LogP contribution in [-0.4, -0.2) is 27.9 Å². The number of benzene rings is 1. The second-order valence-corrected chi connectivity index (χ2v) is 8.23. The van der Waals surface area contributed by atoms with Gasteiger partial charge < -0.3 is 10.6 Å². The number of carbonyl (C=O) groups excluding carboxylic acids is 1. The predicted molar refractivity (Wildman–Crippen MR) is 123 cm³/mol. The van der Waals surface area contributed by atoms with Gasteiger partial charge in [0.1, 0.15) is 11.6 Å². The molecule has 8 heteroatoms. The van der Waals surface area contributed by atoms with Crippen molar-refractivity contribution in [3.63, 3.8) is 0 Å². The van der Waals surface area contributed by atoms with Gasteiger partial charge in [0.15, 0.2) is 5.67 Å². The molecular formula is C25H21F2N5O. The van der Waals surface area contributed by atoms with Crippen LogP contribution < -0.4 is 10.6 Å². The first kappa shape index (κ1) is 20.9. The Morgan fingerprint density at radius 2 is 1.88 bits per heavy atom. The molecule has 0 bridgehead atoms. The monoisotopic (exact) mass is 445 g/mol. The van der Waals surface area contributed by atoms with Gasteiger partial charge in [-0.05, 0) is 61.2 Å². The van der Waals surface area contributed by atoms with Gasteiger partial charge in [0.05, 0.1) is 16.9 Å². The number of amides is 1. The third-order valence-electron chi connectivity index (χ3n) is 5.87. The van der Waals surface area contributed by atoms with E-state index in [-0.39, 0.29) is 16.9 Å². The molecule has 0 saturated heterocycles. The molecule has 1 saturated carbocycles. The number of rotatable bonds is 5. The molecule has 0 unspecified atom stereocenters. The number of nitrogens with zero attached hydrogens (tertiary/aromatic N) is 3. The molecule has 0 aliphatic heterocycles. The van der Waals surface area contributed by atoms with Crippen LogP contribution in [0.3, 0.4) is 0 Å². The van der Waals surface area contributed by atoms with Gasteiger partial charge in [-0.25, -0.2) is 13.8 Å². The first-order valence-corrected chi connectivity index (χ1v) is 10.6. The fourth-order valence-electron chi connectivity index (χ4n) is 3.76. The highest BCUT2D eigenvalue weighted by Crippen LogP contribution is 2.48. The molecule has 1 aliphatic rings. The zero-order valence-corrected chi connectivity index (χ0v) is 18.1. The Hall–Kier alpha value is -3.94. The molecule has 3 aromatic heterocycles. The number of nitrogens with one attached hydrogen (secondary N) is 2. The Balaban J connectivity index is 1.46. The van der Waals surface area contributed by atoms with Crippen molar-refractivity contribution in [3.05, 3.63) is 77.6 Å². The Kier molecular flexibility index (Phi) is 5.00. The van der Waals surface area contributed by atoms with Gasteiger partial charge in [0.25, 0.3) is 5.91 Å². The van der Waals surface area contributed by atoms with E-state index in [0.717, 1.165) is 22.0 Å². The minimum absolute atomic E-state index is 0.0316. The standard InChI is InChI=1S/C25H21F2N5O/c1-14-7-19(26)21(32-24(33)15-3-6-29-22(9-15)25(27)4-5-25)10-18(14)16-8-17-13-31-23(28-2)11-20(17)30-12-16/h3,6-13H,4-5H2,1-2H3,(H,28,31)(H,32,33). The van der Waals surface area contributed by atoms with Gasteiger partial charge in [-0.3, -0.25) is 14.8 Å². The molecule has 1 fully saturated rings. The number of alkyl halides is 1. The summed E-state index contributed by atoms with van der Waals surface area (Å²) in [6.07, 6.45) is 5.62. The largest absolute Gasteiger partial charge is 0.373 e. The second kappa shape index (κ2) is 7.88. The summed E-state index contributed by atoms with van der Waals surface area (Å²) in [7, 11) is 1.79. The van der Waals surface area contributed by atoms with Gasteiger partial charge in [0.2, 0.25) is 0 Å². The van der Waals surface area contributed by atoms with Crippen LogP contribution in [-0.2, 0) is 5.67 Å². The van der Waals surface area contributed by atoms with E-state index in [1.807, 2.05) is 12.1 Å². The maximum Gasteiger partial charge on any atom is 0.255 e. The van der Waals surface area contributed by atoms with Crippen molar-refractivity contribution in [2.45, 2.75) is 25.4 Å². The van der Waals surface area contributed by atoms with Crippen LogP contribution in [0.1, 0.15) is 34.5 Å². The van der Waals surface area contributed by atoms with Gasteiger partial charge in [-0.1, -0.05) is 0 Å². The molecule has 5 rings (SSSR count). The van der Waals surface area contributed by atoms with E-state index in [0.29, 0.717) is 24.2 Å². The smallest absolute Gasteiger partial charge is 0.255 e.